The minimum Gasteiger partial charge on any atom is -0.378 e. The summed E-state index contributed by atoms with van der Waals surface area (Å²) in [5.74, 6) is 0.823. The van der Waals surface area contributed by atoms with Crippen LogP contribution in [0.2, 0.25) is 5.15 Å². The Balaban J connectivity index is 2.12. The monoisotopic (exact) mass is 254 g/mol. The molecule has 2 rings (SSSR count). The summed E-state index contributed by atoms with van der Waals surface area (Å²) in [7, 11) is 0. The van der Waals surface area contributed by atoms with Gasteiger partial charge in [0, 0.05) is 24.3 Å². The van der Waals surface area contributed by atoms with Crippen molar-refractivity contribution in [3.63, 3.8) is 0 Å². The summed E-state index contributed by atoms with van der Waals surface area (Å²) < 4.78 is 5.70. The lowest BCUT2D eigenvalue weighted by Crippen LogP contribution is -2.22. The number of nitrogens with zero attached hydrogens (tertiary/aromatic N) is 2. The summed E-state index contributed by atoms with van der Waals surface area (Å²) in [6, 6.07) is 0. The van der Waals surface area contributed by atoms with E-state index in [0.29, 0.717) is 5.15 Å². The Bertz CT molecular complexity index is 389. The zero-order valence-corrected chi connectivity index (χ0v) is 11.3. The normalized spacial score (nSPS) is 20.5. The molecular weight excluding hydrogens is 236 g/mol. The number of halogens is 1. The van der Waals surface area contributed by atoms with Crippen LogP contribution >= 0.6 is 11.6 Å². The molecule has 1 unspecified atom stereocenters. The molecule has 2 heterocycles. The van der Waals surface area contributed by atoms with Crippen molar-refractivity contribution in [3.05, 3.63) is 22.2 Å². The average molecular weight is 255 g/mol. The number of aryl methyl sites for hydroxylation is 1. The molecule has 94 valence electrons. The van der Waals surface area contributed by atoms with Gasteiger partial charge < -0.3 is 4.74 Å². The number of hydrogen-bond donors (Lipinski definition) is 0. The first-order valence-corrected chi connectivity index (χ1v) is 6.72. The molecule has 1 aromatic rings. The highest BCUT2D eigenvalue weighted by Gasteiger charge is 2.17. The molecule has 0 bridgehead atoms. The van der Waals surface area contributed by atoms with E-state index in [2.05, 4.69) is 16.9 Å². The van der Waals surface area contributed by atoms with Gasteiger partial charge in [-0.2, -0.15) is 0 Å². The zero-order valence-electron chi connectivity index (χ0n) is 10.5. The Morgan fingerprint density at radius 2 is 2.18 bits per heavy atom. The predicted octanol–water partition coefficient (Wildman–Crippen LogP) is 3.11. The third-order valence-corrected chi connectivity index (χ3v) is 3.62. The van der Waals surface area contributed by atoms with Crippen LogP contribution in [0.4, 0.5) is 0 Å². The smallest absolute Gasteiger partial charge is 0.135 e. The molecule has 1 saturated heterocycles. The van der Waals surface area contributed by atoms with Gasteiger partial charge in [-0.3, -0.25) is 0 Å². The molecule has 4 heteroatoms. The van der Waals surface area contributed by atoms with Crippen LogP contribution in [0.1, 0.15) is 43.3 Å². The maximum atomic E-state index is 6.12. The van der Waals surface area contributed by atoms with Gasteiger partial charge in [-0.25, -0.2) is 9.97 Å². The molecule has 1 atom stereocenters. The molecule has 0 aromatic carbocycles. The van der Waals surface area contributed by atoms with Gasteiger partial charge in [-0.15, -0.1) is 0 Å². The summed E-state index contributed by atoms with van der Waals surface area (Å²) in [6.07, 6.45) is 5.47. The number of ether oxygens (including phenoxy) is 1. The standard InChI is InChI=1S/C13H19ClN2O/c1-3-11-9(2)13(14)16-12(15-11)8-10-6-4-5-7-17-10/h10H,3-8H2,1-2H3. The van der Waals surface area contributed by atoms with Crippen molar-refractivity contribution in [2.45, 2.75) is 52.1 Å². The Morgan fingerprint density at radius 1 is 1.35 bits per heavy atom. The molecule has 0 radical (unpaired) electrons. The highest BCUT2D eigenvalue weighted by Crippen LogP contribution is 2.19. The van der Waals surface area contributed by atoms with Crippen molar-refractivity contribution in [3.8, 4) is 0 Å². The minimum absolute atomic E-state index is 0.271. The van der Waals surface area contributed by atoms with Gasteiger partial charge >= 0.3 is 0 Å². The van der Waals surface area contributed by atoms with E-state index in [4.69, 9.17) is 16.3 Å². The fourth-order valence-corrected chi connectivity index (χ4v) is 2.40. The van der Waals surface area contributed by atoms with Crippen LogP contribution in [0, 0.1) is 6.92 Å². The predicted molar refractivity (Wildman–Crippen MR) is 68.5 cm³/mol. The van der Waals surface area contributed by atoms with Crippen LogP contribution in [-0.2, 0) is 17.6 Å². The first-order valence-electron chi connectivity index (χ1n) is 6.34. The highest BCUT2D eigenvalue weighted by molar-refractivity contribution is 6.30. The Kier molecular flexibility index (Phi) is 4.35. The molecule has 0 amide bonds. The molecular formula is C13H19ClN2O. The van der Waals surface area contributed by atoms with Crippen molar-refractivity contribution >= 4 is 11.6 Å². The molecule has 17 heavy (non-hydrogen) atoms. The molecule has 0 N–H and O–H groups in total. The van der Waals surface area contributed by atoms with E-state index in [0.717, 1.165) is 43.0 Å². The lowest BCUT2D eigenvalue weighted by molar-refractivity contribution is 0.0156. The summed E-state index contributed by atoms with van der Waals surface area (Å²) >= 11 is 6.12. The average Bonchev–Trinajstić information content (AvgIpc) is 2.35. The lowest BCUT2D eigenvalue weighted by atomic mass is 10.1. The van der Waals surface area contributed by atoms with Crippen molar-refractivity contribution in [1.82, 2.24) is 9.97 Å². The Hall–Kier alpha value is -0.670. The summed E-state index contributed by atoms with van der Waals surface area (Å²) in [5, 5.41) is 0.586. The number of aromatic nitrogens is 2. The number of hydrogen-bond acceptors (Lipinski definition) is 3. The fourth-order valence-electron chi connectivity index (χ4n) is 2.19. The van der Waals surface area contributed by atoms with Crippen molar-refractivity contribution < 1.29 is 4.74 Å². The van der Waals surface area contributed by atoms with E-state index in [1.54, 1.807) is 0 Å². The van der Waals surface area contributed by atoms with Crippen molar-refractivity contribution in [2.24, 2.45) is 0 Å². The van der Waals surface area contributed by atoms with Crippen LogP contribution in [0.25, 0.3) is 0 Å². The van der Waals surface area contributed by atoms with E-state index in [9.17, 15) is 0 Å². The molecule has 1 aliphatic rings. The molecule has 0 saturated carbocycles. The largest absolute Gasteiger partial charge is 0.378 e. The van der Waals surface area contributed by atoms with Gasteiger partial charge in [0.05, 0.1) is 6.10 Å². The first kappa shape index (κ1) is 12.8. The fraction of sp³-hybridized carbons (Fsp3) is 0.692. The van der Waals surface area contributed by atoms with Crippen LogP contribution < -0.4 is 0 Å². The van der Waals surface area contributed by atoms with Crippen LogP contribution in [0.15, 0.2) is 0 Å². The van der Waals surface area contributed by atoms with Crippen LogP contribution in [-0.4, -0.2) is 22.7 Å². The Labute approximate surface area is 108 Å². The van der Waals surface area contributed by atoms with Gasteiger partial charge in [0.25, 0.3) is 0 Å². The van der Waals surface area contributed by atoms with Crippen molar-refractivity contribution in [1.29, 1.82) is 0 Å². The maximum Gasteiger partial charge on any atom is 0.135 e. The van der Waals surface area contributed by atoms with Crippen LogP contribution in [0.3, 0.4) is 0 Å². The molecule has 1 fully saturated rings. The minimum atomic E-state index is 0.271. The molecule has 0 spiro atoms. The second kappa shape index (κ2) is 5.78. The number of rotatable bonds is 3. The van der Waals surface area contributed by atoms with Gasteiger partial charge in [0.15, 0.2) is 0 Å². The SMILES string of the molecule is CCc1nc(CC2CCCCO2)nc(Cl)c1C. The third-order valence-electron chi connectivity index (χ3n) is 3.25. The molecule has 3 nitrogen and oxygen atoms in total. The van der Waals surface area contributed by atoms with E-state index >= 15 is 0 Å². The van der Waals surface area contributed by atoms with Crippen LogP contribution in [0.5, 0.6) is 0 Å². The third kappa shape index (κ3) is 3.17. The topological polar surface area (TPSA) is 35.0 Å². The quantitative estimate of drug-likeness (QED) is 0.778. The molecule has 1 aromatic heterocycles. The molecule has 1 aliphatic heterocycles. The van der Waals surface area contributed by atoms with Gasteiger partial charge in [-0.05, 0) is 32.6 Å². The highest BCUT2D eigenvalue weighted by atomic mass is 35.5. The summed E-state index contributed by atoms with van der Waals surface area (Å²) in [4.78, 5) is 8.92. The van der Waals surface area contributed by atoms with E-state index in [-0.39, 0.29) is 6.10 Å². The van der Waals surface area contributed by atoms with Gasteiger partial charge in [0.1, 0.15) is 11.0 Å². The van der Waals surface area contributed by atoms with E-state index in [1.165, 1.54) is 12.8 Å². The summed E-state index contributed by atoms with van der Waals surface area (Å²) in [5.41, 5.74) is 2.05. The van der Waals surface area contributed by atoms with Gasteiger partial charge in [0.2, 0.25) is 0 Å². The van der Waals surface area contributed by atoms with Crippen molar-refractivity contribution in [2.75, 3.05) is 6.61 Å². The first-order chi connectivity index (χ1) is 8.20. The zero-order chi connectivity index (χ0) is 12.3. The lowest BCUT2D eigenvalue weighted by Gasteiger charge is -2.22. The molecule has 0 aliphatic carbocycles. The van der Waals surface area contributed by atoms with E-state index < -0.39 is 0 Å². The van der Waals surface area contributed by atoms with Gasteiger partial charge in [-0.1, -0.05) is 18.5 Å². The summed E-state index contributed by atoms with van der Waals surface area (Å²) in [6.45, 7) is 4.93. The second-order valence-corrected chi connectivity index (χ2v) is 4.91. The Morgan fingerprint density at radius 3 is 2.82 bits per heavy atom. The second-order valence-electron chi connectivity index (χ2n) is 4.55. The van der Waals surface area contributed by atoms with E-state index in [1.807, 2.05) is 6.92 Å². The maximum absolute atomic E-state index is 6.12.